The standard InChI is InChI=1S/C11H19NO3/c1-15-8-7-12-10(11(13)14)9-5-3-2-4-6-9/h2-3,9-10,12H,4-8H2,1H3,(H,13,14). The second-order valence-corrected chi connectivity index (χ2v) is 3.81. The Morgan fingerprint density at radius 3 is 3.00 bits per heavy atom. The molecule has 15 heavy (non-hydrogen) atoms. The maximum absolute atomic E-state index is 11.1. The minimum Gasteiger partial charge on any atom is -0.480 e. The molecule has 0 spiro atoms. The first kappa shape index (κ1) is 12.2. The van der Waals surface area contributed by atoms with E-state index in [0.29, 0.717) is 13.2 Å². The fourth-order valence-electron chi connectivity index (χ4n) is 1.89. The van der Waals surface area contributed by atoms with Gasteiger partial charge < -0.3 is 15.2 Å². The fraction of sp³-hybridized carbons (Fsp3) is 0.727. The third-order valence-electron chi connectivity index (χ3n) is 2.72. The smallest absolute Gasteiger partial charge is 0.320 e. The third-order valence-corrected chi connectivity index (χ3v) is 2.72. The monoisotopic (exact) mass is 213 g/mol. The average Bonchev–Trinajstić information content (AvgIpc) is 2.25. The van der Waals surface area contributed by atoms with E-state index in [1.54, 1.807) is 7.11 Å². The van der Waals surface area contributed by atoms with Crippen LogP contribution in [0.2, 0.25) is 0 Å². The number of hydrogen-bond donors (Lipinski definition) is 2. The predicted octanol–water partition coefficient (Wildman–Crippen LogP) is 1.03. The van der Waals surface area contributed by atoms with Crippen LogP contribution in [0.4, 0.5) is 0 Å². The molecular formula is C11H19NO3. The summed E-state index contributed by atoms with van der Waals surface area (Å²) in [5.74, 6) is -0.546. The lowest BCUT2D eigenvalue weighted by atomic mass is 9.87. The number of carboxylic acids is 1. The summed E-state index contributed by atoms with van der Waals surface area (Å²) < 4.78 is 4.89. The molecule has 0 aromatic rings. The summed E-state index contributed by atoms with van der Waals surface area (Å²) in [7, 11) is 1.61. The zero-order valence-electron chi connectivity index (χ0n) is 9.11. The van der Waals surface area contributed by atoms with Crippen molar-refractivity contribution in [2.45, 2.75) is 25.3 Å². The van der Waals surface area contributed by atoms with Crippen LogP contribution in [-0.4, -0.2) is 37.4 Å². The Balaban J connectivity index is 2.42. The molecule has 0 radical (unpaired) electrons. The fourth-order valence-corrected chi connectivity index (χ4v) is 1.89. The molecule has 0 fully saturated rings. The molecule has 0 aromatic carbocycles. The number of aliphatic carboxylic acids is 1. The third kappa shape index (κ3) is 4.01. The lowest BCUT2D eigenvalue weighted by Crippen LogP contribution is -2.44. The van der Waals surface area contributed by atoms with Crippen LogP contribution in [0.15, 0.2) is 12.2 Å². The van der Waals surface area contributed by atoms with E-state index in [-0.39, 0.29) is 5.92 Å². The highest BCUT2D eigenvalue weighted by Gasteiger charge is 2.27. The Labute approximate surface area is 90.3 Å². The van der Waals surface area contributed by atoms with Crippen LogP contribution in [0.25, 0.3) is 0 Å². The SMILES string of the molecule is COCCNC(C(=O)O)C1CC=CCC1. The van der Waals surface area contributed by atoms with Crippen molar-refractivity contribution in [3.63, 3.8) is 0 Å². The van der Waals surface area contributed by atoms with Crippen LogP contribution in [0.1, 0.15) is 19.3 Å². The molecule has 0 saturated heterocycles. The summed E-state index contributed by atoms with van der Waals surface area (Å²) in [4.78, 5) is 11.1. The maximum atomic E-state index is 11.1. The molecule has 0 saturated carbocycles. The van der Waals surface area contributed by atoms with Crippen LogP contribution >= 0.6 is 0 Å². The van der Waals surface area contributed by atoms with Gasteiger partial charge in [0.05, 0.1) is 6.61 Å². The van der Waals surface area contributed by atoms with E-state index in [9.17, 15) is 4.79 Å². The molecule has 0 aliphatic heterocycles. The van der Waals surface area contributed by atoms with Crippen LogP contribution < -0.4 is 5.32 Å². The molecule has 1 aliphatic carbocycles. The van der Waals surface area contributed by atoms with E-state index in [1.807, 2.05) is 0 Å². The molecule has 0 amide bonds. The minimum atomic E-state index is -0.758. The van der Waals surface area contributed by atoms with E-state index in [0.717, 1.165) is 19.3 Å². The highest BCUT2D eigenvalue weighted by atomic mass is 16.5. The number of hydrogen-bond acceptors (Lipinski definition) is 3. The number of methoxy groups -OCH3 is 1. The Morgan fingerprint density at radius 2 is 2.47 bits per heavy atom. The van der Waals surface area contributed by atoms with Crippen LogP contribution in [0.3, 0.4) is 0 Å². The first-order valence-electron chi connectivity index (χ1n) is 5.36. The number of carboxylic acid groups (broad SMARTS) is 1. The normalized spacial score (nSPS) is 22.6. The minimum absolute atomic E-state index is 0.212. The molecule has 2 N–H and O–H groups in total. The largest absolute Gasteiger partial charge is 0.480 e. The number of nitrogens with one attached hydrogen (secondary N) is 1. The zero-order valence-corrected chi connectivity index (χ0v) is 9.11. The van der Waals surface area contributed by atoms with Crippen LogP contribution in [0, 0.1) is 5.92 Å². The summed E-state index contributed by atoms with van der Waals surface area (Å²) in [5, 5.41) is 12.1. The molecule has 86 valence electrons. The second-order valence-electron chi connectivity index (χ2n) is 3.81. The van der Waals surface area contributed by atoms with Gasteiger partial charge in [0.1, 0.15) is 6.04 Å². The summed E-state index contributed by atoms with van der Waals surface area (Å²) in [6, 6.07) is -0.440. The number of carbonyl (C=O) groups is 1. The molecule has 2 unspecified atom stereocenters. The van der Waals surface area contributed by atoms with E-state index < -0.39 is 12.0 Å². The van der Waals surface area contributed by atoms with Crippen molar-refractivity contribution < 1.29 is 14.6 Å². The van der Waals surface area contributed by atoms with E-state index in [4.69, 9.17) is 9.84 Å². The van der Waals surface area contributed by atoms with Crippen molar-refractivity contribution in [1.29, 1.82) is 0 Å². The molecule has 4 nitrogen and oxygen atoms in total. The molecular weight excluding hydrogens is 194 g/mol. The van der Waals surface area contributed by atoms with Crippen LogP contribution in [0.5, 0.6) is 0 Å². The van der Waals surface area contributed by atoms with Gasteiger partial charge in [0.25, 0.3) is 0 Å². The predicted molar refractivity (Wildman–Crippen MR) is 57.8 cm³/mol. The lowest BCUT2D eigenvalue weighted by Gasteiger charge is -2.25. The van der Waals surface area contributed by atoms with Gasteiger partial charge in [-0.25, -0.2) is 0 Å². The van der Waals surface area contributed by atoms with E-state index in [2.05, 4.69) is 17.5 Å². The van der Waals surface area contributed by atoms with E-state index in [1.165, 1.54) is 0 Å². The highest BCUT2D eigenvalue weighted by Crippen LogP contribution is 2.21. The highest BCUT2D eigenvalue weighted by molar-refractivity contribution is 5.73. The lowest BCUT2D eigenvalue weighted by molar-refractivity contribution is -0.141. The first-order valence-corrected chi connectivity index (χ1v) is 5.36. The first-order chi connectivity index (χ1) is 7.25. The van der Waals surface area contributed by atoms with Crippen molar-refractivity contribution in [3.8, 4) is 0 Å². The van der Waals surface area contributed by atoms with Gasteiger partial charge >= 0.3 is 5.97 Å². The van der Waals surface area contributed by atoms with Crippen molar-refractivity contribution in [2.75, 3.05) is 20.3 Å². The molecule has 1 rings (SSSR count). The Morgan fingerprint density at radius 1 is 1.67 bits per heavy atom. The van der Waals surface area contributed by atoms with Crippen molar-refractivity contribution in [3.05, 3.63) is 12.2 Å². The maximum Gasteiger partial charge on any atom is 0.320 e. The average molecular weight is 213 g/mol. The molecule has 4 heteroatoms. The van der Waals surface area contributed by atoms with Crippen LogP contribution in [-0.2, 0) is 9.53 Å². The summed E-state index contributed by atoms with van der Waals surface area (Å²) >= 11 is 0. The molecule has 1 aliphatic rings. The zero-order chi connectivity index (χ0) is 11.1. The topological polar surface area (TPSA) is 58.6 Å². The summed E-state index contributed by atoms with van der Waals surface area (Å²) in [6.07, 6.45) is 6.98. The van der Waals surface area contributed by atoms with Gasteiger partial charge in [0.15, 0.2) is 0 Å². The number of ether oxygens (including phenoxy) is 1. The molecule has 0 heterocycles. The van der Waals surface area contributed by atoms with Crippen molar-refractivity contribution in [2.24, 2.45) is 5.92 Å². The Bertz CT molecular complexity index is 228. The molecule has 2 atom stereocenters. The van der Waals surface area contributed by atoms with Crippen molar-refractivity contribution >= 4 is 5.97 Å². The van der Waals surface area contributed by atoms with Gasteiger partial charge in [-0.1, -0.05) is 12.2 Å². The van der Waals surface area contributed by atoms with Gasteiger partial charge in [-0.2, -0.15) is 0 Å². The molecule has 0 aromatic heterocycles. The summed E-state index contributed by atoms with van der Waals surface area (Å²) in [5.41, 5.74) is 0. The number of rotatable bonds is 6. The van der Waals surface area contributed by atoms with Gasteiger partial charge in [0.2, 0.25) is 0 Å². The van der Waals surface area contributed by atoms with Crippen molar-refractivity contribution in [1.82, 2.24) is 5.32 Å². The summed E-state index contributed by atoms with van der Waals surface area (Å²) in [6.45, 7) is 1.14. The van der Waals surface area contributed by atoms with Gasteiger partial charge in [0, 0.05) is 13.7 Å². The Kier molecular flexibility index (Phi) is 5.36. The Hall–Kier alpha value is -0.870. The molecule has 0 bridgehead atoms. The van der Waals surface area contributed by atoms with Gasteiger partial charge in [-0.3, -0.25) is 4.79 Å². The van der Waals surface area contributed by atoms with Gasteiger partial charge in [-0.15, -0.1) is 0 Å². The van der Waals surface area contributed by atoms with E-state index >= 15 is 0 Å². The van der Waals surface area contributed by atoms with Gasteiger partial charge in [-0.05, 0) is 25.2 Å². The quantitative estimate of drug-likeness (QED) is 0.511. The number of allylic oxidation sites excluding steroid dienone is 2. The second kappa shape index (κ2) is 6.58.